The fourth-order valence-corrected chi connectivity index (χ4v) is 14.7. The molecule has 0 spiro atoms. The van der Waals surface area contributed by atoms with E-state index in [1.165, 1.54) is 63.8 Å². The van der Waals surface area contributed by atoms with Gasteiger partial charge in [-0.15, -0.1) is 0 Å². The van der Waals surface area contributed by atoms with Gasteiger partial charge < -0.3 is 33.9 Å². The largest absolute Gasteiger partial charge is 0.507 e. The molecule has 2 N–H and O–H groups in total. The van der Waals surface area contributed by atoms with Crippen LogP contribution in [0.3, 0.4) is 0 Å². The number of benzene rings is 2. The van der Waals surface area contributed by atoms with E-state index < -0.39 is 23.8 Å². The van der Waals surface area contributed by atoms with E-state index in [-0.39, 0.29) is 75.9 Å². The molecule has 0 radical (unpaired) electrons. The molecule has 5 aliphatic carbocycles. The number of carbonyl (C=O) groups excluding carboxylic acids is 3. The number of hydrogen-bond donors (Lipinski definition) is 2. The number of carbonyl (C=O) groups is 3. The Kier molecular flexibility index (Phi) is 11.2. The fourth-order valence-electron chi connectivity index (χ4n) is 14.7. The highest BCUT2D eigenvalue weighted by Crippen LogP contribution is 2.70. The Bertz CT molecular complexity index is 2100. The lowest BCUT2D eigenvalue weighted by Gasteiger charge is -2.64. The van der Waals surface area contributed by atoms with Crippen LogP contribution in [0.5, 0.6) is 28.7 Å². The van der Waals surface area contributed by atoms with Crippen LogP contribution in [0.4, 0.5) is 0 Å². The van der Waals surface area contributed by atoms with Gasteiger partial charge in [-0.25, -0.2) is 0 Å². The first-order valence-corrected chi connectivity index (χ1v) is 22.8. The van der Waals surface area contributed by atoms with E-state index in [9.17, 15) is 24.6 Å². The summed E-state index contributed by atoms with van der Waals surface area (Å²) in [7, 11) is 3.34. The SMILES string of the molecule is COc1ccc([C@@H]2CC(=O)c3c(O)ccc(OC(=O)CCC(=O)O[C@@H]4CC[C@]5(C)[C@H]6CC[C@H]7[C@@](C)(CC[C@H]8C(C)(C)[C@@H](OC)CC[C@@]87C)CC6=CC[C@H]5C4(C)C)c3O2)cc1O. The molecule has 10 nitrogen and oxygen atoms in total. The highest BCUT2D eigenvalue weighted by atomic mass is 16.6. The van der Waals surface area contributed by atoms with E-state index in [1.54, 1.807) is 17.7 Å². The lowest BCUT2D eigenvalue weighted by atomic mass is 9.42. The normalized spacial score (nSPS) is 35.9. The topological polar surface area (TPSA) is 138 Å². The van der Waals surface area contributed by atoms with E-state index in [0.29, 0.717) is 46.2 Å². The molecular formula is C51H68O10. The Morgan fingerprint density at radius 1 is 0.754 bits per heavy atom. The number of ketones is 1. The van der Waals surface area contributed by atoms with Gasteiger partial charge in [0.2, 0.25) is 0 Å². The van der Waals surface area contributed by atoms with Gasteiger partial charge in [0.15, 0.2) is 28.8 Å². The van der Waals surface area contributed by atoms with E-state index in [4.69, 9.17) is 23.7 Å². The summed E-state index contributed by atoms with van der Waals surface area (Å²) in [6.07, 6.45) is 12.7. The number of aromatic hydroxyl groups is 2. The van der Waals surface area contributed by atoms with E-state index >= 15 is 0 Å². The maximum absolute atomic E-state index is 13.5. The molecule has 0 saturated heterocycles. The highest BCUT2D eigenvalue weighted by Gasteiger charge is 2.63. The number of allylic oxidation sites excluding steroid dienone is 2. The molecule has 8 rings (SSSR count). The van der Waals surface area contributed by atoms with Crippen molar-refractivity contribution in [2.75, 3.05) is 14.2 Å². The number of Topliss-reactive ketones (excluding diaryl/α,β-unsaturated/α-hetero) is 1. The van der Waals surface area contributed by atoms with Crippen LogP contribution in [-0.4, -0.2) is 54.4 Å². The summed E-state index contributed by atoms with van der Waals surface area (Å²) >= 11 is 0. The van der Waals surface area contributed by atoms with E-state index in [2.05, 4.69) is 54.5 Å². The lowest BCUT2D eigenvalue weighted by molar-refractivity contribution is -0.178. The first kappa shape index (κ1) is 43.6. The predicted molar refractivity (Wildman–Crippen MR) is 231 cm³/mol. The van der Waals surface area contributed by atoms with Crippen molar-refractivity contribution < 1.29 is 48.3 Å². The van der Waals surface area contributed by atoms with Gasteiger partial charge in [-0.3, -0.25) is 14.4 Å². The molecule has 1 aliphatic heterocycles. The minimum Gasteiger partial charge on any atom is -0.507 e. The van der Waals surface area contributed by atoms with Crippen molar-refractivity contribution in [1.82, 2.24) is 0 Å². The number of esters is 2. The van der Waals surface area contributed by atoms with Crippen LogP contribution in [0.15, 0.2) is 42.0 Å². The molecule has 332 valence electrons. The van der Waals surface area contributed by atoms with E-state index in [1.807, 2.05) is 7.11 Å². The van der Waals surface area contributed by atoms with Crippen LogP contribution in [0.25, 0.3) is 0 Å². The third-order valence-electron chi connectivity index (χ3n) is 17.7. The Morgan fingerprint density at radius 3 is 2.16 bits per heavy atom. The molecular weight excluding hydrogens is 773 g/mol. The van der Waals surface area contributed by atoms with Gasteiger partial charge in [-0.1, -0.05) is 66.2 Å². The zero-order valence-electron chi connectivity index (χ0n) is 37.9. The average Bonchev–Trinajstić information content (AvgIpc) is 3.36. The van der Waals surface area contributed by atoms with Gasteiger partial charge in [-0.2, -0.15) is 0 Å². The summed E-state index contributed by atoms with van der Waals surface area (Å²) in [5.41, 5.74) is 2.72. The molecule has 1 heterocycles. The van der Waals surface area contributed by atoms with Crippen LogP contribution in [0.2, 0.25) is 0 Å². The summed E-state index contributed by atoms with van der Waals surface area (Å²) in [5, 5.41) is 20.9. The van der Waals surface area contributed by atoms with Crippen molar-refractivity contribution in [2.24, 2.45) is 50.7 Å². The molecule has 0 unspecified atom stereocenters. The van der Waals surface area contributed by atoms with Crippen LogP contribution in [-0.2, 0) is 19.1 Å². The molecule has 10 heteroatoms. The second-order valence-electron chi connectivity index (χ2n) is 21.5. The van der Waals surface area contributed by atoms with Gasteiger partial charge in [-0.05, 0) is 139 Å². The summed E-state index contributed by atoms with van der Waals surface area (Å²) in [5.74, 6) is 0.439. The number of ether oxygens (including phenoxy) is 5. The Labute approximate surface area is 362 Å². The van der Waals surface area contributed by atoms with Gasteiger partial charge in [0.05, 0.1) is 32.5 Å². The number of methoxy groups -OCH3 is 2. The molecule has 4 fully saturated rings. The smallest absolute Gasteiger partial charge is 0.311 e. The first-order chi connectivity index (χ1) is 28.8. The molecule has 10 atom stereocenters. The van der Waals surface area contributed by atoms with Gasteiger partial charge in [0.25, 0.3) is 0 Å². The average molecular weight is 841 g/mol. The van der Waals surface area contributed by atoms with Crippen molar-refractivity contribution in [3.8, 4) is 28.7 Å². The van der Waals surface area contributed by atoms with Crippen molar-refractivity contribution in [1.29, 1.82) is 0 Å². The van der Waals surface area contributed by atoms with Gasteiger partial charge in [0.1, 0.15) is 23.5 Å². The monoisotopic (exact) mass is 840 g/mol. The molecule has 6 aliphatic rings. The zero-order valence-corrected chi connectivity index (χ0v) is 37.9. The summed E-state index contributed by atoms with van der Waals surface area (Å²) < 4.78 is 29.3. The molecule has 61 heavy (non-hydrogen) atoms. The van der Waals surface area contributed by atoms with Gasteiger partial charge in [0, 0.05) is 12.5 Å². The second kappa shape index (κ2) is 15.6. The molecule has 0 amide bonds. The van der Waals surface area contributed by atoms with Crippen LogP contribution < -0.4 is 14.2 Å². The molecule has 0 bridgehead atoms. The zero-order chi connectivity index (χ0) is 43.9. The number of fused-ring (bicyclic) bond motifs is 7. The van der Waals surface area contributed by atoms with Crippen molar-refractivity contribution in [3.05, 3.63) is 53.1 Å². The summed E-state index contributed by atoms with van der Waals surface area (Å²) in [4.78, 5) is 39.9. The minimum absolute atomic E-state index is 0.0395. The first-order valence-electron chi connectivity index (χ1n) is 22.8. The number of phenols is 2. The predicted octanol–water partition coefficient (Wildman–Crippen LogP) is 10.9. The maximum Gasteiger partial charge on any atom is 0.311 e. The van der Waals surface area contributed by atoms with Crippen LogP contribution >= 0.6 is 0 Å². The second-order valence-corrected chi connectivity index (χ2v) is 21.5. The lowest BCUT2D eigenvalue weighted by Crippen LogP contribution is -2.58. The highest BCUT2D eigenvalue weighted by molar-refractivity contribution is 6.03. The van der Waals surface area contributed by atoms with Crippen molar-refractivity contribution in [2.45, 2.75) is 150 Å². The molecule has 2 aromatic carbocycles. The Morgan fingerprint density at radius 2 is 1.44 bits per heavy atom. The summed E-state index contributed by atoms with van der Waals surface area (Å²) in [6, 6.07) is 7.33. The Hall–Kier alpha value is -4.05. The number of hydrogen-bond acceptors (Lipinski definition) is 10. The minimum atomic E-state index is -0.807. The number of rotatable bonds is 8. The maximum atomic E-state index is 13.5. The van der Waals surface area contributed by atoms with Crippen molar-refractivity contribution >= 4 is 17.7 Å². The molecule has 0 aromatic heterocycles. The molecule has 2 aromatic rings. The summed E-state index contributed by atoms with van der Waals surface area (Å²) in [6.45, 7) is 17.3. The third-order valence-corrected chi connectivity index (χ3v) is 17.7. The van der Waals surface area contributed by atoms with Crippen molar-refractivity contribution in [3.63, 3.8) is 0 Å². The Balaban J connectivity index is 0.909. The standard InChI is InChI=1S/C51H68O10/c1-47(2)39-20-23-49(5)28-30-11-16-38-48(3,4)42(22-24-50(38,6)31(30)12-17-40(49)51(39,7)25-21-41(47)58-9)61-44(56)19-18-43(55)59-36-15-13-32(52)45-34(54)27-37(60-46(36)45)29-10-14-35(57-8)33(53)26-29/h10-11,13-15,26,31,37-42,52-53H,12,16-25,27-28H2,1-9H3/t31-,37-,38-,39-,40-,41-,42+,49-,50+,51-/m0/s1. The number of phenolic OH excluding ortho intramolecular Hbond substituents is 2. The van der Waals surface area contributed by atoms with Gasteiger partial charge >= 0.3 is 11.9 Å². The van der Waals surface area contributed by atoms with Crippen LogP contribution in [0, 0.1) is 50.7 Å². The molecule has 4 saturated carbocycles. The van der Waals surface area contributed by atoms with Crippen LogP contribution in [0.1, 0.15) is 154 Å². The quantitative estimate of drug-likeness (QED) is 0.150. The third kappa shape index (κ3) is 7.24. The fraction of sp³-hybridized carbons (Fsp3) is 0.667. The van der Waals surface area contributed by atoms with E-state index in [0.717, 1.165) is 25.7 Å².